The molecule has 2 aromatic carbocycles. The molecule has 0 spiro atoms. The van der Waals surface area contributed by atoms with E-state index < -0.39 is 6.04 Å². The van der Waals surface area contributed by atoms with Gasteiger partial charge in [0.25, 0.3) is 0 Å². The predicted molar refractivity (Wildman–Crippen MR) is 103 cm³/mol. The SMILES string of the molecule is COc1ccc(C2SCC(=O)N2C(C)C(=O)NCc2ccc(F)cc2)cc1. The number of nitrogens with one attached hydrogen (secondary N) is 1. The normalized spacial score (nSPS) is 17.7. The Hall–Kier alpha value is -2.54. The molecule has 2 atom stereocenters. The van der Waals surface area contributed by atoms with Gasteiger partial charge in [0.15, 0.2) is 0 Å². The molecule has 0 radical (unpaired) electrons. The van der Waals surface area contributed by atoms with Crippen LogP contribution >= 0.6 is 11.8 Å². The van der Waals surface area contributed by atoms with Crippen molar-refractivity contribution >= 4 is 23.6 Å². The van der Waals surface area contributed by atoms with Crippen LogP contribution in [0, 0.1) is 5.82 Å². The van der Waals surface area contributed by atoms with E-state index in [0.29, 0.717) is 5.75 Å². The third kappa shape index (κ3) is 4.42. The smallest absolute Gasteiger partial charge is 0.242 e. The summed E-state index contributed by atoms with van der Waals surface area (Å²) in [5.74, 6) is 0.454. The molecular formula is C20H21FN2O3S. The van der Waals surface area contributed by atoms with Crippen molar-refractivity contribution in [3.8, 4) is 5.75 Å². The summed E-state index contributed by atoms with van der Waals surface area (Å²) in [5.41, 5.74) is 1.75. The number of nitrogens with zero attached hydrogens (tertiary/aromatic N) is 1. The summed E-state index contributed by atoms with van der Waals surface area (Å²) in [6, 6.07) is 12.8. The standard InChI is InChI=1S/C20H21FN2O3S/c1-13(19(25)22-11-14-3-7-16(21)8-4-14)23-18(24)12-27-20(23)15-5-9-17(26-2)10-6-15/h3-10,13,20H,11-12H2,1-2H3,(H,22,25). The summed E-state index contributed by atoms with van der Waals surface area (Å²) < 4.78 is 18.1. The number of hydrogen-bond acceptors (Lipinski definition) is 4. The number of carbonyl (C=O) groups is 2. The summed E-state index contributed by atoms with van der Waals surface area (Å²) in [7, 11) is 1.60. The van der Waals surface area contributed by atoms with Gasteiger partial charge in [-0.25, -0.2) is 4.39 Å². The molecule has 1 fully saturated rings. The fourth-order valence-electron chi connectivity index (χ4n) is 2.95. The fourth-order valence-corrected chi connectivity index (χ4v) is 4.21. The van der Waals surface area contributed by atoms with Gasteiger partial charge < -0.3 is 15.0 Å². The average Bonchev–Trinajstić information content (AvgIpc) is 3.08. The van der Waals surface area contributed by atoms with E-state index in [-0.39, 0.29) is 29.6 Å². The second-order valence-electron chi connectivity index (χ2n) is 6.26. The van der Waals surface area contributed by atoms with Gasteiger partial charge in [0.1, 0.15) is 23.0 Å². The van der Waals surface area contributed by atoms with Crippen LogP contribution in [-0.2, 0) is 16.1 Å². The van der Waals surface area contributed by atoms with E-state index in [9.17, 15) is 14.0 Å². The number of halogens is 1. The fraction of sp³-hybridized carbons (Fsp3) is 0.300. The summed E-state index contributed by atoms with van der Waals surface area (Å²) in [5, 5.41) is 2.61. The molecule has 142 valence electrons. The van der Waals surface area contributed by atoms with E-state index >= 15 is 0 Å². The Balaban J connectivity index is 1.68. The minimum atomic E-state index is -0.611. The lowest BCUT2D eigenvalue weighted by atomic mass is 10.1. The van der Waals surface area contributed by atoms with Crippen LogP contribution in [0.2, 0.25) is 0 Å². The highest BCUT2D eigenvalue weighted by Crippen LogP contribution is 2.40. The van der Waals surface area contributed by atoms with E-state index in [1.165, 1.54) is 23.9 Å². The first-order valence-electron chi connectivity index (χ1n) is 8.58. The molecule has 3 rings (SSSR count). The highest BCUT2D eigenvalue weighted by molar-refractivity contribution is 8.00. The van der Waals surface area contributed by atoms with Crippen molar-refractivity contribution in [2.24, 2.45) is 0 Å². The Morgan fingerprint density at radius 1 is 1.26 bits per heavy atom. The molecule has 0 bridgehead atoms. The molecule has 1 aliphatic rings. The summed E-state index contributed by atoms with van der Waals surface area (Å²) in [4.78, 5) is 26.6. The Morgan fingerprint density at radius 3 is 2.56 bits per heavy atom. The van der Waals surface area contributed by atoms with Crippen LogP contribution in [-0.4, -0.2) is 35.6 Å². The number of thioether (sulfide) groups is 1. The second kappa shape index (κ2) is 8.43. The number of ether oxygens (including phenoxy) is 1. The highest BCUT2D eigenvalue weighted by atomic mass is 32.2. The Morgan fingerprint density at radius 2 is 1.93 bits per heavy atom. The van der Waals surface area contributed by atoms with Crippen LogP contribution in [0.1, 0.15) is 23.4 Å². The van der Waals surface area contributed by atoms with Crippen LogP contribution in [0.25, 0.3) is 0 Å². The van der Waals surface area contributed by atoms with Crippen molar-refractivity contribution in [1.29, 1.82) is 0 Å². The van der Waals surface area contributed by atoms with Crippen LogP contribution in [0.4, 0.5) is 4.39 Å². The maximum atomic E-state index is 13.0. The molecule has 7 heteroatoms. The van der Waals surface area contributed by atoms with E-state index in [4.69, 9.17) is 4.74 Å². The summed E-state index contributed by atoms with van der Waals surface area (Å²) in [6.45, 7) is 2.01. The molecule has 0 aliphatic carbocycles. The molecule has 0 aromatic heterocycles. The summed E-state index contributed by atoms with van der Waals surface area (Å²) >= 11 is 1.50. The second-order valence-corrected chi connectivity index (χ2v) is 7.33. The number of carbonyl (C=O) groups excluding carboxylic acids is 2. The Bertz CT molecular complexity index is 811. The first-order valence-corrected chi connectivity index (χ1v) is 9.63. The van der Waals surface area contributed by atoms with Crippen molar-refractivity contribution < 1.29 is 18.7 Å². The molecule has 1 heterocycles. The van der Waals surface area contributed by atoms with Crippen LogP contribution < -0.4 is 10.1 Å². The first-order chi connectivity index (χ1) is 13.0. The van der Waals surface area contributed by atoms with Crippen LogP contribution in [0.5, 0.6) is 5.75 Å². The van der Waals surface area contributed by atoms with E-state index in [0.717, 1.165) is 16.9 Å². The third-order valence-electron chi connectivity index (χ3n) is 4.48. The van der Waals surface area contributed by atoms with Crippen molar-refractivity contribution in [1.82, 2.24) is 10.2 Å². The zero-order valence-corrected chi connectivity index (χ0v) is 16.0. The molecule has 5 nitrogen and oxygen atoms in total. The van der Waals surface area contributed by atoms with Crippen molar-refractivity contribution in [2.75, 3.05) is 12.9 Å². The number of rotatable bonds is 6. The quantitative estimate of drug-likeness (QED) is 0.826. The zero-order chi connectivity index (χ0) is 19.4. The minimum absolute atomic E-state index is 0.0646. The number of benzene rings is 2. The third-order valence-corrected chi connectivity index (χ3v) is 5.71. The van der Waals surface area contributed by atoms with Gasteiger partial charge in [0, 0.05) is 6.54 Å². The number of hydrogen-bond donors (Lipinski definition) is 1. The molecule has 2 unspecified atom stereocenters. The maximum Gasteiger partial charge on any atom is 0.242 e. The first kappa shape index (κ1) is 19.2. The Kier molecular flexibility index (Phi) is 6.01. The van der Waals surface area contributed by atoms with Gasteiger partial charge in [-0.2, -0.15) is 0 Å². The predicted octanol–water partition coefficient (Wildman–Crippen LogP) is 3.11. The maximum absolute atomic E-state index is 13.0. The molecule has 1 N–H and O–H groups in total. The van der Waals surface area contributed by atoms with Crippen LogP contribution in [0.3, 0.4) is 0 Å². The van der Waals surface area contributed by atoms with Crippen LogP contribution in [0.15, 0.2) is 48.5 Å². The van der Waals surface area contributed by atoms with E-state index in [1.54, 1.807) is 31.1 Å². The highest BCUT2D eigenvalue weighted by Gasteiger charge is 2.38. The largest absolute Gasteiger partial charge is 0.497 e. The Labute approximate surface area is 161 Å². The van der Waals surface area contributed by atoms with Crippen molar-refractivity contribution in [3.05, 3.63) is 65.5 Å². The molecule has 2 aromatic rings. The van der Waals surface area contributed by atoms with Crippen molar-refractivity contribution in [3.63, 3.8) is 0 Å². The van der Waals surface area contributed by atoms with Gasteiger partial charge in [-0.05, 0) is 42.3 Å². The topological polar surface area (TPSA) is 58.6 Å². The molecular weight excluding hydrogens is 367 g/mol. The summed E-state index contributed by atoms with van der Waals surface area (Å²) in [6.07, 6.45) is 0. The van der Waals surface area contributed by atoms with Gasteiger partial charge in [-0.15, -0.1) is 11.8 Å². The lowest BCUT2D eigenvalue weighted by Gasteiger charge is -2.29. The zero-order valence-electron chi connectivity index (χ0n) is 15.1. The molecule has 2 amide bonds. The van der Waals surface area contributed by atoms with Gasteiger partial charge in [0.2, 0.25) is 11.8 Å². The lowest BCUT2D eigenvalue weighted by Crippen LogP contribution is -2.46. The molecule has 1 aliphatic heterocycles. The monoisotopic (exact) mass is 388 g/mol. The minimum Gasteiger partial charge on any atom is -0.497 e. The van der Waals surface area contributed by atoms with E-state index in [2.05, 4.69) is 5.32 Å². The number of amides is 2. The van der Waals surface area contributed by atoms with Gasteiger partial charge in [0.05, 0.1) is 12.9 Å². The molecule has 27 heavy (non-hydrogen) atoms. The molecule has 1 saturated heterocycles. The lowest BCUT2D eigenvalue weighted by molar-refractivity contribution is -0.137. The number of methoxy groups -OCH3 is 1. The van der Waals surface area contributed by atoms with E-state index in [1.807, 2.05) is 24.3 Å². The average molecular weight is 388 g/mol. The van der Waals surface area contributed by atoms with Crippen molar-refractivity contribution in [2.45, 2.75) is 24.9 Å². The van der Waals surface area contributed by atoms with Gasteiger partial charge in [-0.1, -0.05) is 24.3 Å². The molecule has 0 saturated carbocycles. The van der Waals surface area contributed by atoms with Gasteiger partial charge in [-0.3, -0.25) is 9.59 Å². The van der Waals surface area contributed by atoms with Gasteiger partial charge >= 0.3 is 0 Å².